The number of nitrogens with one attached hydrogen (secondary N) is 1. The number of halogens is 1. The second kappa shape index (κ2) is 6.85. The number of hydrogen-bond acceptors (Lipinski definition) is 5. The van der Waals surface area contributed by atoms with Gasteiger partial charge in [-0.05, 0) is 18.9 Å². The lowest BCUT2D eigenvalue weighted by atomic mass is 9.90. The number of carbonyl (C=O) groups is 1. The van der Waals surface area contributed by atoms with Crippen molar-refractivity contribution in [2.24, 2.45) is 5.92 Å². The van der Waals surface area contributed by atoms with Crippen LogP contribution in [-0.4, -0.2) is 23.0 Å². The van der Waals surface area contributed by atoms with E-state index in [2.05, 4.69) is 5.32 Å². The zero-order chi connectivity index (χ0) is 16.9. The number of nitrogens with zero attached hydrogens (tertiary/aromatic N) is 2. The molecule has 1 atom stereocenters. The minimum absolute atomic E-state index is 0.148. The fourth-order valence-corrected chi connectivity index (χ4v) is 1.52. The molecule has 118 valence electrons. The summed E-state index contributed by atoms with van der Waals surface area (Å²) >= 11 is 0. The van der Waals surface area contributed by atoms with E-state index >= 15 is 0 Å². The maximum absolute atomic E-state index is 13.1. The normalized spacial score (nSPS) is 13.1. The highest BCUT2D eigenvalue weighted by molar-refractivity contribution is 5.79. The number of ether oxygens (including phenoxy) is 1. The van der Waals surface area contributed by atoms with Crippen LogP contribution in [0.5, 0.6) is 5.75 Å². The second-order valence-corrected chi connectivity index (χ2v) is 5.17. The molecular formula is C14H16FN3O4. The number of amides is 1. The number of carbonyl (C=O) groups excluding carboxylic acids is 1. The van der Waals surface area contributed by atoms with Gasteiger partial charge in [0, 0.05) is 12.1 Å². The zero-order valence-corrected chi connectivity index (χ0v) is 12.4. The minimum atomic E-state index is -1.09. The standard InChI is InChI=1S/C14H16FN3O4/c1-9(2)14(3,8-16)17-13(19)7-22-12-6-10(15)4-5-11(12)18(20)21/h4-6,9H,7H2,1-3H3,(H,17,19)/t14-/m0/s1. The Morgan fingerprint density at radius 2 is 2.23 bits per heavy atom. The van der Waals surface area contributed by atoms with E-state index in [0.29, 0.717) is 0 Å². The van der Waals surface area contributed by atoms with Gasteiger partial charge in [-0.2, -0.15) is 5.26 Å². The predicted molar refractivity (Wildman–Crippen MR) is 75.5 cm³/mol. The number of nitriles is 1. The van der Waals surface area contributed by atoms with Crippen molar-refractivity contribution < 1.29 is 18.8 Å². The number of nitro groups is 1. The van der Waals surface area contributed by atoms with Crippen LogP contribution in [-0.2, 0) is 4.79 Å². The summed E-state index contributed by atoms with van der Waals surface area (Å²) in [5.74, 6) is -1.84. The van der Waals surface area contributed by atoms with Crippen molar-refractivity contribution in [2.75, 3.05) is 6.61 Å². The lowest BCUT2D eigenvalue weighted by Crippen LogP contribution is -2.50. The largest absolute Gasteiger partial charge is 0.477 e. The minimum Gasteiger partial charge on any atom is -0.477 e. The van der Waals surface area contributed by atoms with Crippen LogP contribution in [0.2, 0.25) is 0 Å². The molecule has 22 heavy (non-hydrogen) atoms. The Hall–Kier alpha value is -2.69. The average Bonchev–Trinajstić information content (AvgIpc) is 2.44. The second-order valence-electron chi connectivity index (χ2n) is 5.17. The number of nitro benzene ring substituents is 1. The molecule has 0 heterocycles. The zero-order valence-electron chi connectivity index (χ0n) is 12.4. The van der Waals surface area contributed by atoms with E-state index in [1.54, 1.807) is 20.8 Å². The van der Waals surface area contributed by atoms with E-state index in [9.17, 15) is 19.3 Å². The van der Waals surface area contributed by atoms with Gasteiger partial charge in [0.25, 0.3) is 5.91 Å². The average molecular weight is 309 g/mol. The van der Waals surface area contributed by atoms with Gasteiger partial charge in [-0.25, -0.2) is 4.39 Å². The summed E-state index contributed by atoms with van der Waals surface area (Å²) in [6.07, 6.45) is 0. The molecule has 0 saturated carbocycles. The molecule has 0 bridgehead atoms. The SMILES string of the molecule is CC(C)[C@](C)(C#N)NC(=O)COc1cc(F)ccc1[N+](=O)[O-]. The molecule has 1 rings (SSSR count). The van der Waals surface area contributed by atoms with Gasteiger partial charge in [0.05, 0.1) is 11.0 Å². The number of hydrogen-bond donors (Lipinski definition) is 1. The van der Waals surface area contributed by atoms with Crippen molar-refractivity contribution in [3.05, 3.63) is 34.1 Å². The first-order chi connectivity index (χ1) is 10.2. The van der Waals surface area contributed by atoms with Crippen LogP contribution in [0, 0.1) is 33.2 Å². The maximum Gasteiger partial charge on any atom is 0.311 e. The Kier molecular flexibility index (Phi) is 5.40. The third-order valence-electron chi connectivity index (χ3n) is 3.26. The van der Waals surface area contributed by atoms with Crippen molar-refractivity contribution in [2.45, 2.75) is 26.3 Å². The summed E-state index contributed by atoms with van der Waals surface area (Å²) < 4.78 is 18.1. The molecular weight excluding hydrogens is 293 g/mol. The fraction of sp³-hybridized carbons (Fsp3) is 0.429. The highest BCUT2D eigenvalue weighted by Crippen LogP contribution is 2.27. The fourth-order valence-electron chi connectivity index (χ4n) is 1.52. The number of benzene rings is 1. The van der Waals surface area contributed by atoms with E-state index in [-0.39, 0.29) is 11.7 Å². The van der Waals surface area contributed by atoms with Crippen LogP contribution in [0.1, 0.15) is 20.8 Å². The highest BCUT2D eigenvalue weighted by Gasteiger charge is 2.30. The topological polar surface area (TPSA) is 105 Å². The van der Waals surface area contributed by atoms with Crippen molar-refractivity contribution in [3.63, 3.8) is 0 Å². The molecule has 0 aliphatic carbocycles. The molecule has 0 aliphatic heterocycles. The predicted octanol–water partition coefficient (Wildman–Crippen LogP) is 2.17. The summed E-state index contributed by atoms with van der Waals surface area (Å²) in [4.78, 5) is 21.9. The van der Waals surface area contributed by atoms with E-state index in [4.69, 9.17) is 10.00 Å². The Morgan fingerprint density at radius 3 is 2.73 bits per heavy atom. The molecule has 0 spiro atoms. The number of rotatable bonds is 6. The van der Waals surface area contributed by atoms with Crippen LogP contribution in [0.4, 0.5) is 10.1 Å². The maximum atomic E-state index is 13.1. The van der Waals surface area contributed by atoms with Crippen LogP contribution in [0.25, 0.3) is 0 Å². The lowest BCUT2D eigenvalue weighted by Gasteiger charge is -2.27. The monoisotopic (exact) mass is 309 g/mol. The van der Waals surface area contributed by atoms with Crippen molar-refractivity contribution >= 4 is 11.6 Å². The first kappa shape index (κ1) is 17.4. The summed E-state index contributed by atoms with van der Waals surface area (Å²) in [5.41, 5.74) is -1.53. The van der Waals surface area contributed by atoms with Gasteiger partial charge in [0.1, 0.15) is 11.4 Å². The smallest absolute Gasteiger partial charge is 0.311 e. The molecule has 1 aromatic rings. The molecule has 0 unspecified atom stereocenters. The van der Waals surface area contributed by atoms with Gasteiger partial charge in [-0.3, -0.25) is 14.9 Å². The first-order valence-electron chi connectivity index (χ1n) is 6.48. The van der Waals surface area contributed by atoms with Crippen molar-refractivity contribution in [1.82, 2.24) is 5.32 Å². The molecule has 8 heteroatoms. The van der Waals surface area contributed by atoms with Crippen LogP contribution >= 0.6 is 0 Å². The molecule has 0 aromatic heterocycles. The Bertz CT molecular complexity index is 627. The highest BCUT2D eigenvalue weighted by atomic mass is 19.1. The molecule has 7 nitrogen and oxygen atoms in total. The van der Waals surface area contributed by atoms with Crippen LogP contribution in [0.15, 0.2) is 18.2 Å². The molecule has 0 radical (unpaired) electrons. The molecule has 1 N–H and O–H groups in total. The van der Waals surface area contributed by atoms with E-state index < -0.39 is 34.5 Å². The van der Waals surface area contributed by atoms with Gasteiger partial charge in [0.2, 0.25) is 5.75 Å². The van der Waals surface area contributed by atoms with Crippen LogP contribution < -0.4 is 10.1 Å². The Labute approximate surface area is 126 Å². The third-order valence-corrected chi connectivity index (χ3v) is 3.26. The molecule has 1 amide bonds. The molecule has 0 saturated heterocycles. The third kappa shape index (κ3) is 4.15. The summed E-state index contributed by atoms with van der Waals surface area (Å²) in [7, 11) is 0. The summed E-state index contributed by atoms with van der Waals surface area (Å²) in [5, 5.41) is 22.4. The van der Waals surface area contributed by atoms with Crippen molar-refractivity contribution in [3.8, 4) is 11.8 Å². The lowest BCUT2D eigenvalue weighted by molar-refractivity contribution is -0.385. The summed E-state index contributed by atoms with van der Waals surface area (Å²) in [6.45, 7) is 4.53. The van der Waals surface area contributed by atoms with Gasteiger partial charge in [-0.15, -0.1) is 0 Å². The van der Waals surface area contributed by atoms with E-state index in [1.165, 1.54) is 0 Å². The molecule has 0 aliphatic rings. The van der Waals surface area contributed by atoms with Crippen LogP contribution in [0.3, 0.4) is 0 Å². The van der Waals surface area contributed by atoms with E-state index in [0.717, 1.165) is 18.2 Å². The first-order valence-corrected chi connectivity index (χ1v) is 6.48. The van der Waals surface area contributed by atoms with Gasteiger partial charge < -0.3 is 10.1 Å². The van der Waals surface area contributed by atoms with Gasteiger partial charge in [-0.1, -0.05) is 13.8 Å². The quantitative estimate of drug-likeness (QED) is 0.640. The van der Waals surface area contributed by atoms with Crippen molar-refractivity contribution in [1.29, 1.82) is 5.26 Å². The Morgan fingerprint density at radius 1 is 1.59 bits per heavy atom. The van der Waals surface area contributed by atoms with E-state index in [1.807, 2.05) is 6.07 Å². The van der Waals surface area contributed by atoms with Gasteiger partial charge >= 0.3 is 5.69 Å². The Balaban J connectivity index is 2.79. The van der Waals surface area contributed by atoms with Gasteiger partial charge in [0.15, 0.2) is 6.61 Å². The summed E-state index contributed by atoms with van der Waals surface area (Å²) in [6, 6.07) is 4.70. The molecule has 0 fully saturated rings. The molecule has 1 aromatic carbocycles.